The van der Waals surface area contributed by atoms with Crippen LogP contribution in [0.4, 0.5) is 0 Å². The van der Waals surface area contributed by atoms with Crippen LogP contribution in [0.25, 0.3) is 0 Å². The maximum atomic E-state index is 12.7. The second kappa shape index (κ2) is 4.34. The Kier molecular flexibility index (Phi) is 2.69. The molecule has 0 radical (unpaired) electrons. The molecule has 0 bridgehead atoms. The molecule has 2 heterocycles. The Morgan fingerprint density at radius 3 is 2.55 bits per heavy atom. The Balaban J connectivity index is 1.51. The lowest BCUT2D eigenvalue weighted by Crippen LogP contribution is -2.57. The molecule has 3 aliphatic rings. The van der Waals surface area contributed by atoms with E-state index in [1.54, 1.807) is 0 Å². The van der Waals surface area contributed by atoms with E-state index < -0.39 is 0 Å². The van der Waals surface area contributed by atoms with E-state index >= 15 is 0 Å². The Labute approximate surface area is 120 Å². The van der Waals surface area contributed by atoms with Crippen molar-refractivity contribution in [3.63, 3.8) is 0 Å². The fourth-order valence-corrected chi connectivity index (χ4v) is 4.17. The van der Waals surface area contributed by atoms with E-state index in [9.17, 15) is 4.79 Å². The van der Waals surface area contributed by atoms with Crippen molar-refractivity contribution >= 4 is 5.91 Å². The SMILES string of the molecule is Cn1cc(C(=O)N2CC3(CCCC3)C2)c(C2CCC2)n1. The summed E-state index contributed by atoms with van der Waals surface area (Å²) in [5, 5.41) is 4.55. The minimum Gasteiger partial charge on any atom is -0.337 e. The molecule has 1 aromatic rings. The number of nitrogens with zero attached hydrogens (tertiary/aromatic N) is 3. The molecule has 1 spiro atoms. The van der Waals surface area contributed by atoms with Crippen molar-refractivity contribution in [2.24, 2.45) is 12.5 Å². The van der Waals surface area contributed by atoms with Crippen LogP contribution in [0.2, 0.25) is 0 Å². The van der Waals surface area contributed by atoms with Crippen molar-refractivity contribution in [1.29, 1.82) is 0 Å². The third-order valence-corrected chi connectivity index (χ3v) is 5.58. The number of carbonyl (C=O) groups excluding carboxylic acids is 1. The molecular weight excluding hydrogens is 250 g/mol. The fourth-order valence-electron chi connectivity index (χ4n) is 4.17. The Hall–Kier alpha value is -1.32. The fraction of sp³-hybridized carbons (Fsp3) is 0.750. The lowest BCUT2D eigenvalue weighted by Gasteiger charge is -2.48. The van der Waals surface area contributed by atoms with Crippen LogP contribution in [0.5, 0.6) is 0 Å². The topological polar surface area (TPSA) is 38.1 Å². The van der Waals surface area contributed by atoms with Gasteiger partial charge in [0.15, 0.2) is 0 Å². The molecule has 0 unspecified atom stereocenters. The highest BCUT2D eigenvalue weighted by Gasteiger charge is 2.47. The summed E-state index contributed by atoms with van der Waals surface area (Å²) in [6, 6.07) is 0. The van der Waals surface area contributed by atoms with Crippen LogP contribution in [-0.4, -0.2) is 33.7 Å². The summed E-state index contributed by atoms with van der Waals surface area (Å²) < 4.78 is 1.81. The van der Waals surface area contributed by atoms with Gasteiger partial charge < -0.3 is 4.90 Å². The summed E-state index contributed by atoms with van der Waals surface area (Å²) in [4.78, 5) is 14.8. The van der Waals surface area contributed by atoms with Gasteiger partial charge in [0.05, 0.1) is 11.3 Å². The number of likely N-dealkylation sites (tertiary alicyclic amines) is 1. The summed E-state index contributed by atoms with van der Waals surface area (Å²) in [7, 11) is 1.92. The molecule has 2 saturated carbocycles. The van der Waals surface area contributed by atoms with Gasteiger partial charge in [-0.3, -0.25) is 9.48 Å². The molecule has 1 aromatic heterocycles. The van der Waals surface area contributed by atoms with Crippen molar-refractivity contribution in [2.75, 3.05) is 13.1 Å². The largest absolute Gasteiger partial charge is 0.337 e. The molecule has 20 heavy (non-hydrogen) atoms. The summed E-state index contributed by atoms with van der Waals surface area (Å²) in [6.07, 6.45) is 10.9. The maximum absolute atomic E-state index is 12.7. The van der Waals surface area contributed by atoms with Gasteiger partial charge in [-0.05, 0) is 25.7 Å². The molecule has 4 nitrogen and oxygen atoms in total. The summed E-state index contributed by atoms with van der Waals surface area (Å²) in [5.74, 6) is 0.745. The average molecular weight is 273 g/mol. The predicted molar refractivity (Wildman–Crippen MR) is 76.6 cm³/mol. The van der Waals surface area contributed by atoms with Crippen LogP contribution in [-0.2, 0) is 7.05 Å². The molecule has 0 N–H and O–H groups in total. The van der Waals surface area contributed by atoms with E-state index in [0.29, 0.717) is 11.3 Å². The lowest BCUT2D eigenvalue weighted by atomic mass is 9.77. The average Bonchev–Trinajstić information content (AvgIpc) is 2.91. The summed E-state index contributed by atoms with van der Waals surface area (Å²) in [5.41, 5.74) is 2.40. The molecule has 3 fully saturated rings. The second-order valence-electron chi connectivity index (χ2n) is 7.10. The quantitative estimate of drug-likeness (QED) is 0.831. The highest BCUT2D eigenvalue weighted by Crippen LogP contribution is 2.46. The zero-order valence-electron chi connectivity index (χ0n) is 12.3. The van der Waals surface area contributed by atoms with Gasteiger partial charge >= 0.3 is 0 Å². The third-order valence-electron chi connectivity index (χ3n) is 5.58. The van der Waals surface area contributed by atoms with Gasteiger partial charge in [-0.2, -0.15) is 5.10 Å². The number of aromatic nitrogens is 2. The van der Waals surface area contributed by atoms with Gasteiger partial charge in [0.25, 0.3) is 5.91 Å². The van der Waals surface area contributed by atoms with Crippen molar-refractivity contribution in [3.05, 3.63) is 17.5 Å². The molecule has 1 saturated heterocycles. The van der Waals surface area contributed by atoms with Gasteiger partial charge in [0, 0.05) is 37.7 Å². The first-order valence-electron chi connectivity index (χ1n) is 8.00. The van der Waals surface area contributed by atoms with Crippen LogP contribution in [0.15, 0.2) is 6.20 Å². The number of aryl methyl sites for hydroxylation is 1. The number of rotatable bonds is 2. The molecule has 0 aromatic carbocycles. The van der Waals surface area contributed by atoms with Crippen molar-refractivity contribution in [1.82, 2.24) is 14.7 Å². The Bertz CT molecular complexity index is 530. The standard InChI is InChI=1S/C16H23N3O/c1-18-9-13(14(17-18)12-5-4-6-12)15(20)19-10-16(11-19)7-2-3-8-16/h9,12H,2-8,10-11H2,1H3. The molecule has 1 aliphatic heterocycles. The van der Waals surface area contributed by atoms with Crippen LogP contribution < -0.4 is 0 Å². The van der Waals surface area contributed by atoms with Crippen molar-refractivity contribution in [2.45, 2.75) is 50.9 Å². The van der Waals surface area contributed by atoms with E-state index in [4.69, 9.17) is 0 Å². The first-order valence-corrected chi connectivity index (χ1v) is 8.00. The number of hydrogen-bond acceptors (Lipinski definition) is 2. The van der Waals surface area contributed by atoms with E-state index in [-0.39, 0.29) is 5.91 Å². The van der Waals surface area contributed by atoms with E-state index in [1.807, 2.05) is 22.8 Å². The first kappa shape index (κ1) is 12.4. The highest BCUT2D eigenvalue weighted by atomic mass is 16.2. The van der Waals surface area contributed by atoms with E-state index in [2.05, 4.69) is 5.10 Å². The van der Waals surface area contributed by atoms with Crippen LogP contribution in [0.3, 0.4) is 0 Å². The van der Waals surface area contributed by atoms with Crippen LogP contribution in [0, 0.1) is 5.41 Å². The second-order valence-corrected chi connectivity index (χ2v) is 7.10. The number of amides is 1. The zero-order valence-corrected chi connectivity index (χ0v) is 12.3. The molecule has 0 atom stereocenters. The molecule has 2 aliphatic carbocycles. The van der Waals surface area contributed by atoms with E-state index in [1.165, 1.54) is 44.9 Å². The molecule has 4 rings (SSSR count). The van der Waals surface area contributed by atoms with Crippen LogP contribution in [0.1, 0.15) is 66.9 Å². The minimum absolute atomic E-state index is 0.220. The Morgan fingerprint density at radius 1 is 1.25 bits per heavy atom. The number of carbonyl (C=O) groups is 1. The smallest absolute Gasteiger partial charge is 0.257 e. The van der Waals surface area contributed by atoms with Gasteiger partial charge in [-0.15, -0.1) is 0 Å². The normalized spacial score (nSPS) is 24.8. The van der Waals surface area contributed by atoms with Crippen molar-refractivity contribution < 1.29 is 4.79 Å². The molecule has 1 amide bonds. The van der Waals surface area contributed by atoms with Crippen molar-refractivity contribution in [3.8, 4) is 0 Å². The molecule has 108 valence electrons. The lowest BCUT2D eigenvalue weighted by molar-refractivity contribution is 0.00916. The number of hydrogen-bond donors (Lipinski definition) is 0. The molecule has 4 heteroatoms. The summed E-state index contributed by atoms with van der Waals surface area (Å²) >= 11 is 0. The third kappa shape index (κ3) is 1.80. The maximum Gasteiger partial charge on any atom is 0.257 e. The molecular formula is C16H23N3O. The van der Waals surface area contributed by atoms with Gasteiger partial charge in [-0.1, -0.05) is 19.3 Å². The summed E-state index contributed by atoms with van der Waals surface area (Å²) in [6.45, 7) is 1.95. The first-order chi connectivity index (χ1) is 9.67. The van der Waals surface area contributed by atoms with Crippen LogP contribution >= 0.6 is 0 Å². The van der Waals surface area contributed by atoms with Gasteiger partial charge in [0.2, 0.25) is 0 Å². The Morgan fingerprint density at radius 2 is 1.95 bits per heavy atom. The van der Waals surface area contributed by atoms with Gasteiger partial charge in [0.1, 0.15) is 0 Å². The zero-order chi connectivity index (χ0) is 13.7. The van der Waals surface area contributed by atoms with E-state index in [0.717, 1.165) is 24.3 Å². The minimum atomic E-state index is 0.220. The monoisotopic (exact) mass is 273 g/mol. The van der Waals surface area contributed by atoms with Gasteiger partial charge in [-0.25, -0.2) is 0 Å². The predicted octanol–water partition coefficient (Wildman–Crippen LogP) is 2.70. The highest BCUT2D eigenvalue weighted by molar-refractivity contribution is 5.96.